The highest BCUT2D eigenvalue weighted by atomic mass is 79.9. The number of anilines is 1. The van der Waals surface area contributed by atoms with Crippen LogP contribution in [0.4, 0.5) is 10.5 Å². The van der Waals surface area contributed by atoms with Crippen molar-refractivity contribution in [3.63, 3.8) is 0 Å². The Morgan fingerprint density at radius 1 is 1.02 bits per heavy atom. The van der Waals surface area contributed by atoms with Gasteiger partial charge in [0, 0.05) is 22.7 Å². The van der Waals surface area contributed by atoms with Gasteiger partial charge in [-0.1, -0.05) is 58.5 Å². The number of Topliss-reactive ketones (excluding diaryl/α,β-unsaturated/α-hetero) is 1. The molecule has 10 nitrogen and oxygen atoms in total. The van der Waals surface area contributed by atoms with Crippen molar-refractivity contribution in [3.05, 3.63) is 81.6 Å². The Hall–Kier alpha value is -4.03. The minimum Gasteiger partial charge on any atom is -0.443 e. The summed E-state index contributed by atoms with van der Waals surface area (Å²) in [4.78, 5) is 72.3. The smallest absolute Gasteiger partial charge is 0.416 e. The molecule has 1 aromatic heterocycles. The fourth-order valence-corrected chi connectivity index (χ4v) is 6.71. The number of hydrogen-bond donors (Lipinski definition) is 0. The maximum absolute atomic E-state index is 14.7. The Morgan fingerprint density at radius 3 is 2.21 bits per heavy atom. The van der Waals surface area contributed by atoms with Crippen LogP contribution in [0.15, 0.2) is 59.1 Å². The first-order valence-corrected chi connectivity index (χ1v) is 14.7. The van der Waals surface area contributed by atoms with Gasteiger partial charge < -0.3 is 4.74 Å². The average molecular weight is 666 g/mol. The number of ether oxygens (including phenoxy) is 1. The van der Waals surface area contributed by atoms with Crippen LogP contribution in [-0.4, -0.2) is 60.9 Å². The number of benzene rings is 2. The third-order valence-electron chi connectivity index (χ3n) is 7.51. The number of para-hydroxylation sites is 1. The molecule has 0 radical (unpaired) electrons. The van der Waals surface area contributed by atoms with Gasteiger partial charge in [0.05, 0.1) is 17.3 Å². The summed E-state index contributed by atoms with van der Waals surface area (Å²) in [5, 5.41) is 4.33. The zero-order valence-electron chi connectivity index (χ0n) is 24.4. The number of imide groups is 1. The van der Waals surface area contributed by atoms with E-state index in [0.29, 0.717) is 15.9 Å². The number of hydrogen-bond acceptors (Lipinski definition) is 8. The first-order chi connectivity index (χ1) is 20.1. The standard InChI is InChI=1S/C31H29BrN4O6S/c1-16-15-17(2)36(33-16)26(39)24-23(25(38)19-11-13-20(32)14-12-19)31(28(43)35(24)29(41)42-30(4,5)6)21-9-7-8-10-22(21)34(18(3)37)27(31)40/h7-15,23-24H,1-6H3/t23-,24-,31-/m0/s1. The molecule has 3 aromatic rings. The lowest BCUT2D eigenvalue weighted by molar-refractivity contribution is -0.127. The lowest BCUT2D eigenvalue weighted by Crippen LogP contribution is -2.53. The Morgan fingerprint density at radius 2 is 1.65 bits per heavy atom. The molecule has 0 aliphatic carbocycles. The van der Waals surface area contributed by atoms with Gasteiger partial charge in [0.2, 0.25) is 5.91 Å². The molecule has 1 fully saturated rings. The number of rotatable bonds is 3. The van der Waals surface area contributed by atoms with E-state index in [-0.39, 0.29) is 21.8 Å². The van der Waals surface area contributed by atoms with Crippen LogP contribution >= 0.6 is 28.1 Å². The zero-order chi connectivity index (χ0) is 31.6. The van der Waals surface area contributed by atoms with Gasteiger partial charge in [-0.15, -0.1) is 0 Å². The number of aryl methyl sites for hydroxylation is 2. The molecule has 3 heterocycles. The van der Waals surface area contributed by atoms with Crippen molar-refractivity contribution >= 4 is 68.4 Å². The molecule has 43 heavy (non-hydrogen) atoms. The van der Waals surface area contributed by atoms with E-state index in [9.17, 15) is 24.0 Å². The summed E-state index contributed by atoms with van der Waals surface area (Å²) in [5.74, 6) is -4.36. The maximum Gasteiger partial charge on any atom is 0.416 e. The van der Waals surface area contributed by atoms with Crippen LogP contribution in [0.25, 0.3) is 0 Å². The van der Waals surface area contributed by atoms with Crippen molar-refractivity contribution in [2.45, 2.75) is 58.6 Å². The molecule has 2 aromatic carbocycles. The number of fused-ring (bicyclic) bond motifs is 2. The zero-order valence-corrected chi connectivity index (χ0v) is 26.8. The highest BCUT2D eigenvalue weighted by Gasteiger charge is 2.72. The van der Waals surface area contributed by atoms with E-state index in [1.807, 2.05) is 0 Å². The lowest BCUT2D eigenvalue weighted by Gasteiger charge is -2.29. The SMILES string of the molecule is CC(=O)N1C(=O)[C@]2(C(=S)N(C(=O)OC(C)(C)C)[C@H](C(=O)n3nc(C)cc3C)[C@H]2C(=O)c2ccc(Br)cc2)c2ccccc21. The van der Waals surface area contributed by atoms with E-state index in [4.69, 9.17) is 17.0 Å². The largest absolute Gasteiger partial charge is 0.443 e. The van der Waals surface area contributed by atoms with Gasteiger partial charge >= 0.3 is 6.09 Å². The summed E-state index contributed by atoms with van der Waals surface area (Å²) in [6.45, 7) is 9.54. The third-order valence-corrected chi connectivity index (χ3v) is 8.56. The summed E-state index contributed by atoms with van der Waals surface area (Å²) < 4.78 is 7.51. The number of amides is 3. The fraction of sp³-hybridized carbons (Fsp3) is 0.323. The van der Waals surface area contributed by atoms with Crippen LogP contribution in [0.1, 0.15) is 59.8 Å². The first-order valence-electron chi connectivity index (χ1n) is 13.5. The van der Waals surface area contributed by atoms with Gasteiger partial charge in [-0.2, -0.15) is 5.10 Å². The van der Waals surface area contributed by atoms with Crippen molar-refractivity contribution < 1.29 is 28.7 Å². The molecular weight excluding hydrogens is 636 g/mol. The number of thiocarbonyl (C=S) groups is 1. The van der Waals surface area contributed by atoms with Gasteiger partial charge in [0.15, 0.2) is 5.78 Å². The summed E-state index contributed by atoms with van der Waals surface area (Å²) >= 11 is 9.32. The molecule has 0 saturated carbocycles. The van der Waals surface area contributed by atoms with Crippen molar-refractivity contribution in [3.8, 4) is 0 Å². The molecule has 0 N–H and O–H groups in total. The number of ketones is 1. The van der Waals surface area contributed by atoms with E-state index < -0.39 is 52.6 Å². The number of aromatic nitrogens is 2. The lowest BCUT2D eigenvalue weighted by atomic mass is 9.68. The summed E-state index contributed by atoms with van der Waals surface area (Å²) in [7, 11) is 0. The second kappa shape index (κ2) is 10.6. The molecule has 0 bridgehead atoms. The third kappa shape index (κ3) is 4.72. The van der Waals surface area contributed by atoms with Crippen molar-refractivity contribution in [2.75, 3.05) is 4.90 Å². The molecule has 1 saturated heterocycles. The molecule has 0 unspecified atom stereocenters. The van der Waals surface area contributed by atoms with Gasteiger partial charge in [-0.05, 0) is 64.4 Å². The predicted octanol–water partition coefficient (Wildman–Crippen LogP) is 5.18. The molecule has 222 valence electrons. The highest BCUT2D eigenvalue weighted by molar-refractivity contribution is 9.10. The summed E-state index contributed by atoms with van der Waals surface area (Å²) in [5.41, 5.74) is -1.44. The average Bonchev–Trinajstić information content (AvgIpc) is 3.50. The minimum atomic E-state index is -2.06. The Bertz CT molecular complexity index is 1730. The predicted molar refractivity (Wildman–Crippen MR) is 165 cm³/mol. The first kappa shape index (κ1) is 30.4. The topological polar surface area (TPSA) is 119 Å². The molecule has 12 heteroatoms. The molecule has 3 amide bonds. The Kier molecular flexibility index (Phi) is 7.50. The molecule has 5 rings (SSSR count). The van der Waals surface area contributed by atoms with Crippen LogP contribution in [-0.2, 0) is 19.7 Å². The number of carbonyl (C=O) groups is 5. The minimum absolute atomic E-state index is 0.180. The number of nitrogens with zero attached hydrogens (tertiary/aromatic N) is 4. The van der Waals surface area contributed by atoms with Crippen molar-refractivity contribution in [1.29, 1.82) is 0 Å². The number of halogens is 1. The summed E-state index contributed by atoms with van der Waals surface area (Å²) in [6.07, 6.45) is -1.01. The van der Waals surface area contributed by atoms with E-state index in [2.05, 4.69) is 21.0 Å². The molecule has 3 atom stereocenters. The quantitative estimate of drug-likeness (QED) is 0.278. The normalized spacial score (nSPS) is 21.4. The van der Waals surface area contributed by atoms with E-state index in [1.165, 1.54) is 6.92 Å². The van der Waals surface area contributed by atoms with Crippen LogP contribution < -0.4 is 4.90 Å². The number of likely N-dealkylation sites (tertiary alicyclic amines) is 1. The maximum atomic E-state index is 14.7. The van der Waals surface area contributed by atoms with Crippen LogP contribution in [0, 0.1) is 19.8 Å². The van der Waals surface area contributed by atoms with Gasteiger partial charge in [-0.3, -0.25) is 24.1 Å². The number of carbonyl (C=O) groups excluding carboxylic acids is 5. The van der Waals surface area contributed by atoms with Crippen molar-refractivity contribution in [1.82, 2.24) is 14.7 Å². The van der Waals surface area contributed by atoms with Gasteiger partial charge in [0.1, 0.15) is 22.0 Å². The van der Waals surface area contributed by atoms with E-state index in [0.717, 1.165) is 14.5 Å². The molecule has 2 aliphatic heterocycles. The second-order valence-electron chi connectivity index (χ2n) is 11.6. The van der Waals surface area contributed by atoms with Gasteiger partial charge in [0.25, 0.3) is 11.8 Å². The van der Waals surface area contributed by atoms with E-state index in [1.54, 1.807) is 89.2 Å². The fourth-order valence-electron chi connectivity index (χ4n) is 5.93. The monoisotopic (exact) mass is 664 g/mol. The second-order valence-corrected chi connectivity index (χ2v) is 12.9. The Labute approximate surface area is 262 Å². The molecule has 1 spiro atoms. The van der Waals surface area contributed by atoms with Crippen LogP contribution in [0.5, 0.6) is 0 Å². The molecular formula is C31H29BrN4O6S. The molecule has 2 aliphatic rings. The van der Waals surface area contributed by atoms with Crippen LogP contribution in [0.3, 0.4) is 0 Å². The van der Waals surface area contributed by atoms with Crippen molar-refractivity contribution in [2.24, 2.45) is 5.92 Å². The Balaban J connectivity index is 1.86. The van der Waals surface area contributed by atoms with Crippen LogP contribution in [0.2, 0.25) is 0 Å². The summed E-state index contributed by atoms with van der Waals surface area (Å²) in [6, 6.07) is 12.9. The van der Waals surface area contributed by atoms with E-state index >= 15 is 0 Å². The van der Waals surface area contributed by atoms with Gasteiger partial charge in [-0.25, -0.2) is 14.4 Å². The highest BCUT2D eigenvalue weighted by Crippen LogP contribution is 2.55.